The highest BCUT2D eigenvalue weighted by molar-refractivity contribution is 5.95. The molecule has 0 saturated carbocycles. The van der Waals surface area contributed by atoms with Gasteiger partial charge in [0.25, 0.3) is 5.91 Å². The fourth-order valence-electron chi connectivity index (χ4n) is 2.13. The quantitative estimate of drug-likeness (QED) is 0.574. The van der Waals surface area contributed by atoms with E-state index in [-0.39, 0.29) is 11.7 Å². The average molecular weight is 290 g/mol. The van der Waals surface area contributed by atoms with Crippen molar-refractivity contribution in [2.24, 2.45) is 5.10 Å². The molecule has 0 saturated heterocycles. The van der Waals surface area contributed by atoms with E-state index >= 15 is 0 Å². The highest BCUT2D eigenvalue weighted by Crippen LogP contribution is 2.14. The van der Waals surface area contributed by atoms with Crippen molar-refractivity contribution < 1.29 is 9.90 Å². The molecule has 0 bridgehead atoms. The van der Waals surface area contributed by atoms with Gasteiger partial charge in [0, 0.05) is 5.56 Å². The number of hydrogen-bond acceptors (Lipinski definition) is 3. The normalized spacial score (nSPS) is 10.9. The third kappa shape index (κ3) is 3.12. The van der Waals surface area contributed by atoms with E-state index in [1.807, 2.05) is 42.5 Å². The molecule has 3 aromatic rings. The summed E-state index contributed by atoms with van der Waals surface area (Å²) in [5.74, 6) is -0.201. The minimum Gasteiger partial charge on any atom is -0.508 e. The molecule has 4 heteroatoms. The Balaban J connectivity index is 1.70. The second kappa shape index (κ2) is 6.10. The Bertz CT molecular complexity index is 839. The number of carbonyl (C=O) groups is 1. The number of benzene rings is 3. The van der Waals surface area contributed by atoms with Gasteiger partial charge in [0.15, 0.2) is 0 Å². The minimum atomic E-state index is -0.322. The molecule has 0 spiro atoms. The highest BCUT2D eigenvalue weighted by Gasteiger charge is 2.03. The molecule has 0 aliphatic rings. The molecule has 3 rings (SSSR count). The van der Waals surface area contributed by atoms with Crippen LogP contribution < -0.4 is 5.43 Å². The van der Waals surface area contributed by atoms with E-state index in [0.29, 0.717) is 5.56 Å². The van der Waals surface area contributed by atoms with Crippen LogP contribution in [0.4, 0.5) is 0 Å². The SMILES string of the molecule is O=C(N/N=C\c1ccc2ccccc2c1)c1ccc(O)cc1. The summed E-state index contributed by atoms with van der Waals surface area (Å²) >= 11 is 0. The Labute approximate surface area is 127 Å². The van der Waals surface area contributed by atoms with Crippen molar-refractivity contribution in [2.45, 2.75) is 0 Å². The molecular weight excluding hydrogens is 276 g/mol. The van der Waals surface area contributed by atoms with Crippen molar-refractivity contribution in [3.63, 3.8) is 0 Å². The van der Waals surface area contributed by atoms with Crippen molar-refractivity contribution in [3.8, 4) is 5.75 Å². The molecule has 108 valence electrons. The monoisotopic (exact) mass is 290 g/mol. The lowest BCUT2D eigenvalue weighted by atomic mass is 10.1. The number of phenolic OH excluding ortho intramolecular Hbond substituents is 1. The number of hydrogen-bond donors (Lipinski definition) is 2. The summed E-state index contributed by atoms with van der Waals surface area (Å²) in [7, 11) is 0. The zero-order valence-electron chi connectivity index (χ0n) is 11.7. The topological polar surface area (TPSA) is 61.7 Å². The molecule has 22 heavy (non-hydrogen) atoms. The standard InChI is InChI=1S/C18H14N2O2/c21-17-9-7-15(8-10-17)18(22)20-19-12-13-5-6-14-3-1-2-4-16(14)11-13/h1-12,21H,(H,20,22)/b19-12-. The smallest absolute Gasteiger partial charge is 0.271 e. The number of rotatable bonds is 3. The molecule has 0 atom stereocenters. The van der Waals surface area contributed by atoms with Crippen LogP contribution in [0.15, 0.2) is 71.8 Å². The maximum Gasteiger partial charge on any atom is 0.271 e. The Hall–Kier alpha value is -3.14. The van der Waals surface area contributed by atoms with E-state index in [2.05, 4.69) is 10.5 Å². The first-order chi connectivity index (χ1) is 10.7. The van der Waals surface area contributed by atoms with Crippen molar-refractivity contribution in [3.05, 3.63) is 77.9 Å². The summed E-state index contributed by atoms with van der Waals surface area (Å²) in [4.78, 5) is 11.9. The summed E-state index contributed by atoms with van der Waals surface area (Å²) in [6.45, 7) is 0. The Morgan fingerprint density at radius 2 is 1.68 bits per heavy atom. The van der Waals surface area contributed by atoms with Gasteiger partial charge in [0.05, 0.1) is 6.21 Å². The van der Waals surface area contributed by atoms with E-state index in [1.54, 1.807) is 6.21 Å². The van der Waals surface area contributed by atoms with E-state index in [9.17, 15) is 9.90 Å². The Morgan fingerprint density at radius 1 is 0.955 bits per heavy atom. The van der Waals surface area contributed by atoms with Crippen LogP contribution in [0.5, 0.6) is 5.75 Å². The highest BCUT2D eigenvalue weighted by atomic mass is 16.3. The lowest BCUT2D eigenvalue weighted by molar-refractivity contribution is 0.0955. The van der Waals surface area contributed by atoms with Crippen LogP contribution in [0.3, 0.4) is 0 Å². The van der Waals surface area contributed by atoms with E-state index in [4.69, 9.17) is 0 Å². The number of amides is 1. The number of nitrogens with one attached hydrogen (secondary N) is 1. The Kier molecular flexibility index (Phi) is 3.83. The number of aromatic hydroxyl groups is 1. The van der Waals surface area contributed by atoms with Crippen LogP contribution in [0.1, 0.15) is 15.9 Å². The molecule has 1 amide bonds. The van der Waals surface area contributed by atoms with Gasteiger partial charge in [-0.25, -0.2) is 5.43 Å². The maximum atomic E-state index is 11.9. The summed E-state index contributed by atoms with van der Waals surface area (Å²) < 4.78 is 0. The number of carbonyl (C=O) groups excluding carboxylic acids is 1. The largest absolute Gasteiger partial charge is 0.508 e. The predicted molar refractivity (Wildman–Crippen MR) is 87.1 cm³/mol. The number of hydrazone groups is 1. The van der Waals surface area contributed by atoms with Gasteiger partial charge < -0.3 is 5.11 Å². The van der Waals surface area contributed by atoms with Crippen molar-refractivity contribution >= 4 is 22.9 Å². The van der Waals surface area contributed by atoms with Gasteiger partial charge in [-0.05, 0) is 46.7 Å². The lowest BCUT2D eigenvalue weighted by Crippen LogP contribution is -2.17. The second-order valence-electron chi connectivity index (χ2n) is 4.85. The zero-order chi connectivity index (χ0) is 15.4. The summed E-state index contributed by atoms with van der Waals surface area (Å²) in [5, 5.41) is 15.4. The molecule has 4 nitrogen and oxygen atoms in total. The molecule has 0 aliphatic heterocycles. The summed E-state index contributed by atoms with van der Waals surface area (Å²) in [5.41, 5.74) is 3.81. The van der Waals surface area contributed by atoms with Crippen LogP contribution >= 0.6 is 0 Å². The molecule has 0 radical (unpaired) electrons. The third-order valence-corrected chi connectivity index (χ3v) is 3.28. The van der Waals surface area contributed by atoms with Gasteiger partial charge in [-0.15, -0.1) is 0 Å². The van der Waals surface area contributed by atoms with Crippen molar-refractivity contribution in [1.29, 1.82) is 0 Å². The third-order valence-electron chi connectivity index (χ3n) is 3.28. The van der Waals surface area contributed by atoms with Crippen molar-refractivity contribution in [1.82, 2.24) is 5.43 Å². The van der Waals surface area contributed by atoms with Crippen LogP contribution in [0.25, 0.3) is 10.8 Å². The van der Waals surface area contributed by atoms with Gasteiger partial charge in [0.1, 0.15) is 5.75 Å². The van der Waals surface area contributed by atoms with Gasteiger partial charge >= 0.3 is 0 Å². The lowest BCUT2D eigenvalue weighted by Gasteiger charge is -2.01. The van der Waals surface area contributed by atoms with Crippen LogP contribution in [-0.4, -0.2) is 17.2 Å². The predicted octanol–water partition coefficient (Wildman–Crippen LogP) is 3.31. The maximum absolute atomic E-state index is 11.9. The van der Waals surface area contributed by atoms with Gasteiger partial charge in [-0.3, -0.25) is 4.79 Å². The van der Waals surface area contributed by atoms with Crippen LogP contribution in [0.2, 0.25) is 0 Å². The second-order valence-corrected chi connectivity index (χ2v) is 4.85. The molecule has 0 fully saturated rings. The molecule has 2 N–H and O–H groups in total. The summed E-state index contributed by atoms with van der Waals surface area (Å²) in [6.07, 6.45) is 1.60. The van der Waals surface area contributed by atoms with Crippen molar-refractivity contribution in [2.75, 3.05) is 0 Å². The Morgan fingerprint density at radius 3 is 2.45 bits per heavy atom. The van der Waals surface area contributed by atoms with E-state index in [1.165, 1.54) is 24.3 Å². The summed E-state index contributed by atoms with van der Waals surface area (Å²) in [6, 6.07) is 20.0. The first-order valence-corrected chi connectivity index (χ1v) is 6.83. The van der Waals surface area contributed by atoms with Gasteiger partial charge in [-0.2, -0.15) is 5.10 Å². The molecule has 0 aliphatic carbocycles. The molecule has 0 unspecified atom stereocenters. The first kappa shape index (κ1) is 13.8. The fraction of sp³-hybridized carbons (Fsp3) is 0. The fourth-order valence-corrected chi connectivity index (χ4v) is 2.13. The molecule has 0 heterocycles. The van der Waals surface area contributed by atoms with Gasteiger partial charge in [0.2, 0.25) is 0 Å². The number of nitrogens with zero attached hydrogens (tertiary/aromatic N) is 1. The van der Waals surface area contributed by atoms with Gasteiger partial charge in [-0.1, -0.05) is 36.4 Å². The van der Waals surface area contributed by atoms with Crippen LogP contribution in [0, 0.1) is 0 Å². The molecular formula is C18H14N2O2. The number of fused-ring (bicyclic) bond motifs is 1. The minimum absolute atomic E-state index is 0.121. The van der Waals surface area contributed by atoms with E-state index < -0.39 is 0 Å². The van der Waals surface area contributed by atoms with Crippen LogP contribution in [-0.2, 0) is 0 Å². The van der Waals surface area contributed by atoms with E-state index in [0.717, 1.165) is 16.3 Å². The number of phenols is 1. The average Bonchev–Trinajstić information content (AvgIpc) is 2.55. The molecule has 3 aromatic carbocycles. The molecule has 0 aromatic heterocycles. The first-order valence-electron chi connectivity index (χ1n) is 6.83. The zero-order valence-corrected chi connectivity index (χ0v) is 11.7.